The standard InChI is InChI=1S/C19H16N6O2/c1-12-5-7-14(8-6-12)25-18-16(10-22-25)17(20-11-21-18)23-24-19(27)13-3-2-4-15(26)9-13/h2-11,26H,1H3,(H,24,27)(H,20,21,23). The van der Waals surface area contributed by atoms with Crippen molar-refractivity contribution in [2.75, 3.05) is 5.43 Å². The summed E-state index contributed by atoms with van der Waals surface area (Å²) in [5, 5.41) is 14.5. The molecule has 0 radical (unpaired) electrons. The number of phenols is 1. The van der Waals surface area contributed by atoms with Gasteiger partial charge in [-0.25, -0.2) is 14.6 Å². The molecule has 0 saturated carbocycles. The SMILES string of the molecule is Cc1ccc(-n2ncc3c(NNC(=O)c4cccc(O)c4)ncnc32)cc1. The van der Waals surface area contributed by atoms with Crippen LogP contribution >= 0.6 is 0 Å². The summed E-state index contributed by atoms with van der Waals surface area (Å²) in [7, 11) is 0. The van der Waals surface area contributed by atoms with Gasteiger partial charge in [0, 0.05) is 5.56 Å². The molecule has 0 spiro atoms. The Bertz CT molecular complexity index is 1120. The first kappa shape index (κ1) is 16.5. The Morgan fingerprint density at radius 2 is 1.93 bits per heavy atom. The van der Waals surface area contributed by atoms with Crippen LogP contribution in [0.4, 0.5) is 5.82 Å². The minimum Gasteiger partial charge on any atom is -0.508 e. The Hall–Kier alpha value is -3.94. The smallest absolute Gasteiger partial charge is 0.269 e. The van der Waals surface area contributed by atoms with Crippen molar-refractivity contribution in [3.63, 3.8) is 0 Å². The van der Waals surface area contributed by atoms with E-state index in [4.69, 9.17) is 0 Å². The van der Waals surface area contributed by atoms with Gasteiger partial charge >= 0.3 is 0 Å². The van der Waals surface area contributed by atoms with Crippen molar-refractivity contribution in [3.05, 3.63) is 72.2 Å². The van der Waals surface area contributed by atoms with Crippen LogP contribution in [0, 0.1) is 6.92 Å². The summed E-state index contributed by atoms with van der Waals surface area (Å²) in [6.07, 6.45) is 3.04. The molecule has 0 bridgehead atoms. The highest BCUT2D eigenvalue weighted by Crippen LogP contribution is 2.21. The third-order valence-electron chi connectivity index (χ3n) is 4.05. The van der Waals surface area contributed by atoms with E-state index in [-0.39, 0.29) is 5.75 Å². The molecule has 0 fully saturated rings. The summed E-state index contributed by atoms with van der Waals surface area (Å²) in [6, 6.07) is 14.0. The van der Waals surface area contributed by atoms with E-state index in [0.29, 0.717) is 22.4 Å². The van der Waals surface area contributed by atoms with E-state index in [1.54, 1.807) is 23.0 Å². The molecule has 0 atom stereocenters. The molecule has 134 valence electrons. The quantitative estimate of drug-likeness (QED) is 0.483. The molecule has 4 aromatic rings. The molecule has 0 aliphatic heterocycles. The second-order valence-electron chi connectivity index (χ2n) is 5.98. The van der Waals surface area contributed by atoms with Gasteiger partial charge in [-0.3, -0.25) is 15.6 Å². The number of carbonyl (C=O) groups excluding carboxylic acids is 1. The summed E-state index contributed by atoms with van der Waals surface area (Å²) in [5.74, 6) is 0.0434. The largest absolute Gasteiger partial charge is 0.508 e. The van der Waals surface area contributed by atoms with Crippen LogP contribution in [0.3, 0.4) is 0 Å². The summed E-state index contributed by atoms with van der Waals surface area (Å²) in [6.45, 7) is 2.02. The molecule has 2 heterocycles. The highest BCUT2D eigenvalue weighted by molar-refractivity contribution is 5.96. The van der Waals surface area contributed by atoms with Gasteiger partial charge in [0.15, 0.2) is 11.5 Å². The minimum atomic E-state index is -0.399. The highest BCUT2D eigenvalue weighted by Gasteiger charge is 2.12. The molecule has 2 aromatic heterocycles. The van der Waals surface area contributed by atoms with Crippen molar-refractivity contribution >= 4 is 22.8 Å². The number of hydrogen-bond donors (Lipinski definition) is 3. The number of rotatable bonds is 4. The normalized spacial score (nSPS) is 10.7. The fraction of sp³-hybridized carbons (Fsp3) is 0.0526. The van der Waals surface area contributed by atoms with E-state index in [1.807, 2.05) is 31.2 Å². The number of phenolic OH excluding ortho intramolecular Hbond substituents is 1. The number of anilines is 1. The molecule has 27 heavy (non-hydrogen) atoms. The monoisotopic (exact) mass is 360 g/mol. The first-order chi connectivity index (χ1) is 13.1. The van der Waals surface area contributed by atoms with Crippen molar-refractivity contribution in [1.82, 2.24) is 25.2 Å². The topological polar surface area (TPSA) is 105 Å². The molecular weight excluding hydrogens is 344 g/mol. The van der Waals surface area contributed by atoms with Crippen LogP contribution < -0.4 is 10.9 Å². The van der Waals surface area contributed by atoms with Gasteiger partial charge in [0.25, 0.3) is 5.91 Å². The van der Waals surface area contributed by atoms with Crippen molar-refractivity contribution in [2.45, 2.75) is 6.92 Å². The molecule has 4 rings (SSSR count). The van der Waals surface area contributed by atoms with E-state index in [0.717, 1.165) is 11.3 Å². The highest BCUT2D eigenvalue weighted by atomic mass is 16.3. The van der Waals surface area contributed by atoms with E-state index in [1.165, 1.54) is 18.5 Å². The lowest BCUT2D eigenvalue weighted by Crippen LogP contribution is -2.29. The predicted molar refractivity (Wildman–Crippen MR) is 101 cm³/mol. The summed E-state index contributed by atoms with van der Waals surface area (Å²) >= 11 is 0. The Labute approximate surface area is 154 Å². The van der Waals surface area contributed by atoms with Gasteiger partial charge in [0.1, 0.15) is 12.1 Å². The van der Waals surface area contributed by atoms with Crippen LogP contribution in [0.5, 0.6) is 5.75 Å². The summed E-state index contributed by atoms with van der Waals surface area (Å²) in [4.78, 5) is 20.7. The summed E-state index contributed by atoms with van der Waals surface area (Å²) < 4.78 is 1.71. The maximum absolute atomic E-state index is 12.2. The number of nitrogens with zero attached hydrogens (tertiary/aromatic N) is 4. The first-order valence-corrected chi connectivity index (χ1v) is 8.23. The Balaban J connectivity index is 1.60. The third kappa shape index (κ3) is 3.28. The zero-order valence-electron chi connectivity index (χ0n) is 14.4. The van der Waals surface area contributed by atoms with E-state index >= 15 is 0 Å². The molecule has 3 N–H and O–H groups in total. The molecule has 2 aromatic carbocycles. The zero-order valence-corrected chi connectivity index (χ0v) is 14.4. The third-order valence-corrected chi connectivity index (χ3v) is 4.05. The molecule has 1 amide bonds. The van der Waals surface area contributed by atoms with E-state index in [9.17, 15) is 9.90 Å². The van der Waals surface area contributed by atoms with Crippen LogP contribution in [-0.4, -0.2) is 30.8 Å². The van der Waals surface area contributed by atoms with Crippen LogP contribution in [0.25, 0.3) is 16.7 Å². The van der Waals surface area contributed by atoms with Crippen LogP contribution in [0.2, 0.25) is 0 Å². The Morgan fingerprint density at radius 3 is 2.70 bits per heavy atom. The lowest BCUT2D eigenvalue weighted by molar-refractivity contribution is 0.0962. The van der Waals surface area contributed by atoms with E-state index in [2.05, 4.69) is 25.9 Å². The Morgan fingerprint density at radius 1 is 1.11 bits per heavy atom. The average Bonchev–Trinajstić information content (AvgIpc) is 3.11. The average molecular weight is 360 g/mol. The molecule has 0 aliphatic carbocycles. The van der Waals surface area contributed by atoms with Gasteiger partial charge in [0.2, 0.25) is 0 Å². The number of amides is 1. The van der Waals surface area contributed by atoms with Crippen molar-refractivity contribution in [2.24, 2.45) is 0 Å². The van der Waals surface area contributed by atoms with Gasteiger partial charge in [-0.2, -0.15) is 5.10 Å². The van der Waals surface area contributed by atoms with Gasteiger partial charge in [-0.05, 0) is 37.3 Å². The number of hydrogen-bond acceptors (Lipinski definition) is 6. The van der Waals surface area contributed by atoms with Gasteiger partial charge in [-0.1, -0.05) is 23.8 Å². The lowest BCUT2D eigenvalue weighted by atomic mass is 10.2. The van der Waals surface area contributed by atoms with Crippen molar-refractivity contribution < 1.29 is 9.90 Å². The molecular formula is C19H16N6O2. The molecule has 8 nitrogen and oxygen atoms in total. The fourth-order valence-electron chi connectivity index (χ4n) is 2.65. The van der Waals surface area contributed by atoms with Gasteiger partial charge in [-0.15, -0.1) is 0 Å². The molecule has 0 aliphatic rings. The fourth-order valence-corrected chi connectivity index (χ4v) is 2.65. The number of aryl methyl sites for hydroxylation is 1. The second kappa shape index (κ2) is 6.75. The molecule has 0 saturated heterocycles. The lowest BCUT2D eigenvalue weighted by Gasteiger charge is -2.09. The number of aromatic hydroxyl groups is 1. The first-order valence-electron chi connectivity index (χ1n) is 8.23. The Kier molecular flexibility index (Phi) is 4.13. The molecule has 0 unspecified atom stereocenters. The predicted octanol–water partition coefficient (Wildman–Crippen LogP) is 2.59. The molecule has 8 heteroatoms. The number of fused-ring (bicyclic) bond motifs is 1. The van der Waals surface area contributed by atoms with Crippen LogP contribution in [0.1, 0.15) is 15.9 Å². The maximum atomic E-state index is 12.2. The number of carbonyl (C=O) groups is 1. The number of benzene rings is 2. The van der Waals surface area contributed by atoms with Crippen molar-refractivity contribution in [3.8, 4) is 11.4 Å². The number of nitrogens with one attached hydrogen (secondary N) is 2. The number of aromatic nitrogens is 4. The van der Waals surface area contributed by atoms with Gasteiger partial charge in [0.05, 0.1) is 17.3 Å². The zero-order chi connectivity index (χ0) is 18.8. The van der Waals surface area contributed by atoms with Crippen LogP contribution in [0.15, 0.2) is 61.1 Å². The number of hydrazine groups is 1. The second-order valence-corrected chi connectivity index (χ2v) is 5.98. The maximum Gasteiger partial charge on any atom is 0.269 e. The summed E-state index contributed by atoms with van der Waals surface area (Å²) in [5.41, 5.74) is 8.33. The minimum absolute atomic E-state index is 0.0199. The van der Waals surface area contributed by atoms with Gasteiger partial charge < -0.3 is 5.11 Å². The van der Waals surface area contributed by atoms with Crippen LogP contribution in [-0.2, 0) is 0 Å². The van der Waals surface area contributed by atoms with E-state index < -0.39 is 5.91 Å². The van der Waals surface area contributed by atoms with Crippen molar-refractivity contribution in [1.29, 1.82) is 0 Å².